The van der Waals surface area contributed by atoms with Gasteiger partial charge in [-0.3, -0.25) is 24.1 Å². The molecule has 182 valence electrons. The molecule has 9 heteroatoms. The second kappa shape index (κ2) is 8.49. The molecular formula is C26H27N3O6. The van der Waals surface area contributed by atoms with Crippen LogP contribution in [0.1, 0.15) is 23.6 Å². The summed E-state index contributed by atoms with van der Waals surface area (Å²) >= 11 is 0. The standard InChI is InChI=1S/C26H27N3O6/c1-15-4-8-17(9-5-15)29-23(31)20-21(24(29)32)26(14-19(30)35-3)25(33)27-12-13-28(26)22(20)16-6-10-18(34-2)11-7-16/h4-11,20-22H,12-14H2,1-3H3,(H,27,33)/t20-,21+,22-,26+/m1/s1. The number of fused-ring (bicyclic) bond motifs is 3. The molecule has 0 radical (unpaired) electrons. The van der Waals surface area contributed by atoms with E-state index in [9.17, 15) is 19.2 Å². The van der Waals surface area contributed by atoms with Gasteiger partial charge in [-0.25, -0.2) is 4.90 Å². The number of imide groups is 1. The van der Waals surface area contributed by atoms with E-state index >= 15 is 0 Å². The third-order valence-electron chi connectivity index (χ3n) is 7.48. The molecule has 3 fully saturated rings. The molecule has 3 saturated heterocycles. The van der Waals surface area contributed by atoms with Gasteiger partial charge in [-0.2, -0.15) is 0 Å². The number of ether oxygens (including phenoxy) is 2. The van der Waals surface area contributed by atoms with Crippen LogP contribution in [0.3, 0.4) is 0 Å². The molecule has 3 amide bonds. The van der Waals surface area contributed by atoms with E-state index in [0.717, 1.165) is 11.1 Å². The smallest absolute Gasteiger partial charge is 0.307 e. The molecule has 0 aliphatic carbocycles. The molecule has 0 aromatic heterocycles. The Labute approximate surface area is 203 Å². The van der Waals surface area contributed by atoms with Crippen LogP contribution in [0.2, 0.25) is 0 Å². The number of methoxy groups -OCH3 is 2. The average molecular weight is 478 g/mol. The molecule has 0 bridgehead atoms. The van der Waals surface area contributed by atoms with Crippen molar-refractivity contribution in [1.82, 2.24) is 10.2 Å². The lowest BCUT2D eigenvalue weighted by Gasteiger charge is -2.45. The Kier molecular flexibility index (Phi) is 5.59. The number of piperazine rings is 1. The Hall–Kier alpha value is -3.72. The van der Waals surface area contributed by atoms with Crippen molar-refractivity contribution < 1.29 is 28.7 Å². The van der Waals surface area contributed by atoms with Crippen molar-refractivity contribution in [1.29, 1.82) is 0 Å². The second-order valence-electron chi connectivity index (χ2n) is 9.20. The minimum absolute atomic E-state index is 0.329. The van der Waals surface area contributed by atoms with Gasteiger partial charge in [0.2, 0.25) is 17.7 Å². The van der Waals surface area contributed by atoms with Gasteiger partial charge in [0, 0.05) is 19.1 Å². The SMILES string of the molecule is COC(=O)C[C@]12C(=O)NCCN1[C@H](c1ccc(OC)cc1)[C@@H]1C(=O)N(c3ccc(C)cc3)C(=O)[C@H]12. The Balaban J connectivity index is 1.69. The van der Waals surface area contributed by atoms with Crippen LogP contribution < -0.4 is 15.0 Å². The van der Waals surface area contributed by atoms with Crippen LogP contribution in [0.15, 0.2) is 48.5 Å². The van der Waals surface area contributed by atoms with Gasteiger partial charge >= 0.3 is 5.97 Å². The number of nitrogens with zero attached hydrogens (tertiary/aromatic N) is 2. The van der Waals surface area contributed by atoms with E-state index in [1.54, 1.807) is 31.4 Å². The van der Waals surface area contributed by atoms with Gasteiger partial charge in [0.05, 0.1) is 38.2 Å². The van der Waals surface area contributed by atoms with Crippen molar-refractivity contribution in [2.24, 2.45) is 11.8 Å². The highest BCUT2D eigenvalue weighted by molar-refractivity contribution is 6.24. The van der Waals surface area contributed by atoms with Crippen LogP contribution in [-0.2, 0) is 23.9 Å². The molecule has 3 aliphatic rings. The Morgan fingerprint density at radius 2 is 1.71 bits per heavy atom. The highest BCUT2D eigenvalue weighted by Crippen LogP contribution is 2.57. The topological polar surface area (TPSA) is 105 Å². The molecule has 3 aliphatic heterocycles. The van der Waals surface area contributed by atoms with Crippen LogP contribution in [0.4, 0.5) is 5.69 Å². The van der Waals surface area contributed by atoms with Crippen molar-refractivity contribution in [2.45, 2.75) is 24.9 Å². The van der Waals surface area contributed by atoms with Gasteiger partial charge in [-0.05, 0) is 36.8 Å². The van der Waals surface area contributed by atoms with E-state index in [1.807, 2.05) is 36.1 Å². The fourth-order valence-electron chi connectivity index (χ4n) is 5.91. The summed E-state index contributed by atoms with van der Waals surface area (Å²) < 4.78 is 10.2. The molecule has 0 spiro atoms. The summed E-state index contributed by atoms with van der Waals surface area (Å²) in [5, 5.41) is 2.83. The van der Waals surface area contributed by atoms with Crippen molar-refractivity contribution in [2.75, 3.05) is 32.2 Å². The molecule has 2 aromatic carbocycles. The predicted molar refractivity (Wildman–Crippen MR) is 125 cm³/mol. The summed E-state index contributed by atoms with van der Waals surface area (Å²) in [4.78, 5) is 57.1. The second-order valence-corrected chi connectivity index (χ2v) is 9.20. The molecule has 2 aromatic rings. The molecule has 4 atom stereocenters. The lowest BCUT2D eigenvalue weighted by molar-refractivity contribution is -0.154. The highest BCUT2D eigenvalue weighted by atomic mass is 16.5. The summed E-state index contributed by atoms with van der Waals surface area (Å²) in [6.45, 7) is 2.65. The number of amides is 3. The van der Waals surface area contributed by atoms with Gasteiger partial charge in [0.1, 0.15) is 11.3 Å². The van der Waals surface area contributed by atoms with E-state index < -0.39 is 41.2 Å². The number of hydrogen-bond acceptors (Lipinski definition) is 7. The van der Waals surface area contributed by atoms with Crippen LogP contribution >= 0.6 is 0 Å². The molecular weight excluding hydrogens is 450 g/mol. The number of carbonyl (C=O) groups is 4. The van der Waals surface area contributed by atoms with Crippen molar-refractivity contribution in [3.05, 3.63) is 59.7 Å². The van der Waals surface area contributed by atoms with Crippen LogP contribution in [0.25, 0.3) is 0 Å². The van der Waals surface area contributed by atoms with Crippen molar-refractivity contribution in [3.8, 4) is 5.75 Å². The van der Waals surface area contributed by atoms with Gasteiger partial charge in [0.25, 0.3) is 0 Å². The minimum atomic E-state index is -1.53. The number of aryl methyl sites for hydroxylation is 1. The monoisotopic (exact) mass is 477 g/mol. The summed E-state index contributed by atoms with van der Waals surface area (Å²) in [6, 6.07) is 13.8. The summed E-state index contributed by atoms with van der Waals surface area (Å²) in [6.07, 6.45) is -0.329. The zero-order valence-electron chi connectivity index (χ0n) is 19.8. The first-order chi connectivity index (χ1) is 16.8. The summed E-state index contributed by atoms with van der Waals surface area (Å²) in [5.41, 5.74) is 0.676. The first-order valence-corrected chi connectivity index (χ1v) is 11.5. The molecule has 0 saturated carbocycles. The van der Waals surface area contributed by atoms with E-state index in [0.29, 0.717) is 24.5 Å². The zero-order chi connectivity index (χ0) is 24.9. The largest absolute Gasteiger partial charge is 0.497 e. The number of esters is 1. The Bertz CT molecular complexity index is 1190. The zero-order valence-corrected chi connectivity index (χ0v) is 19.8. The number of carbonyl (C=O) groups excluding carboxylic acids is 4. The van der Waals surface area contributed by atoms with E-state index in [-0.39, 0.29) is 12.3 Å². The van der Waals surface area contributed by atoms with Crippen molar-refractivity contribution in [3.63, 3.8) is 0 Å². The third kappa shape index (κ3) is 3.33. The maximum atomic E-state index is 14.0. The number of nitrogens with one attached hydrogen (secondary N) is 1. The van der Waals surface area contributed by atoms with Crippen LogP contribution in [-0.4, -0.2) is 61.4 Å². The lowest BCUT2D eigenvalue weighted by Crippen LogP contribution is -2.67. The van der Waals surface area contributed by atoms with Gasteiger partial charge in [0.15, 0.2) is 0 Å². The Morgan fingerprint density at radius 3 is 2.34 bits per heavy atom. The summed E-state index contributed by atoms with van der Waals surface area (Å²) in [5.74, 6) is -3.15. The van der Waals surface area contributed by atoms with Gasteiger partial charge < -0.3 is 14.8 Å². The number of anilines is 1. The fourth-order valence-corrected chi connectivity index (χ4v) is 5.91. The number of benzene rings is 2. The van der Waals surface area contributed by atoms with E-state index in [4.69, 9.17) is 9.47 Å². The Morgan fingerprint density at radius 1 is 1.03 bits per heavy atom. The number of rotatable bonds is 5. The third-order valence-corrected chi connectivity index (χ3v) is 7.48. The van der Waals surface area contributed by atoms with E-state index in [1.165, 1.54) is 12.0 Å². The molecule has 1 N–H and O–H groups in total. The van der Waals surface area contributed by atoms with E-state index in [2.05, 4.69) is 5.32 Å². The first kappa shape index (κ1) is 23.0. The fraction of sp³-hybridized carbons (Fsp3) is 0.385. The van der Waals surface area contributed by atoms with Crippen LogP contribution in [0.5, 0.6) is 5.75 Å². The predicted octanol–water partition coefficient (Wildman–Crippen LogP) is 1.60. The molecule has 5 rings (SSSR count). The first-order valence-electron chi connectivity index (χ1n) is 11.5. The van der Waals surface area contributed by atoms with Crippen LogP contribution in [0, 0.1) is 18.8 Å². The molecule has 3 heterocycles. The molecule has 9 nitrogen and oxygen atoms in total. The minimum Gasteiger partial charge on any atom is -0.497 e. The van der Waals surface area contributed by atoms with Gasteiger partial charge in [-0.1, -0.05) is 29.8 Å². The summed E-state index contributed by atoms with van der Waals surface area (Å²) in [7, 11) is 2.81. The number of hydrogen-bond donors (Lipinski definition) is 1. The van der Waals surface area contributed by atoms with Gasteiger partial charge in [-0.15, -0.1) is 0 Å². The quantitative estimate of drug-likeness (QED) is 0.515. The molecule has 0 unspecified atom stereocenters. The van der Waals surface area contributed by atoms with Crippen molar-refractivity contribution >= 4 is 29.4 Å². The normalized spacial score (nSPS) is 27.9. The highest BCUT2D eigenvalue weighted by Gasteiger charge is 2.73. The lowest BCUT2D eigenvalue weighted by atomic mass is 9.76. The maximum absolute atomic E-state index is 14.0. The maximum Gasteiger partial charge on any atom is 0.307 e. The average Bonchev–Trinajstić information content (AvgIpc) is 3.30. The molecule has 35 heavy (non-hydrogen) atoms.